The van der Waals surface area contributed by atoms with Crippen LogP contribution in [0.1, 0.15) is 27.5 Å². The van der Waals surface area contributed by atoms with Crippen molar-refractivity contribution in [2.45, 2.75) is 12.6 Å². The lowest BCUT2D eigenvalue weighted by Crippen LogP contribution is -2.37. The first-order chi connectivity index (χ1) is 13.1. The largest absolute Gasteiger partial charge is 0.318 e. The number of nitrogens with zero attached hydrogens (tertiary/aromatic N) is 2. The van der Waals surface area contributed by atoms with E-state index in [1.165, 1.54) is 0 Å². The molecule has 1 aromatic heterocycles. The van der Waals surface area contributed by atoms with E-state index in [1.54, 1.807) is 29.3 Å². The van der Waals surface area contributed by atoms with E-state index >= 15 is 0 Å². The summed E-state index contributed by atoms with van der Waals surface area (Å²) in [6.45, 7) is 0.397. The molecule has 6 heteroatoms. The molecule has 5 nitrogen and oxygen atoms in total. The molecular formula is C21H16BrN3O2. The van der Waals surface area contributed by atoms with Crippen LogP contribution in [0.5, 0.6) is 0 Å². The summed E-state index contributed by atoms with van der Waals surface area (Å²) in [7, 11) is 0. The second-order valence-electron chi connectivity index (χ2n) is 6.25. The Morgan fingerprint density at radius 2 is 1.81 bits per heavy atom. The van der Waals surface area contributed by atoms with E-state index in [4.69, 9.17) is 0 Å². The molecule has 3 aromatic rings. The zero-order valence-electron chi connectivity index (χ0n) is 14.3. The maximum absolute atomic E-state index is 13.1. The molecule has 1 aliphatic heterocycles. The number of carbonyl (C=O) groups excluding carboxylic acids is 2. The SMILES string of the molecule is O=C(Nc1cc(Br)ccn1)C(c1ccccc1)N1Cc2ccccc2C1=O. The molecule has 0 bridgehead atoms. The van der Waals surface area contributed by atoms with Gasteiger partial charge in [-0.15, -0.1) is 0 Å². The summed E-state index contributed by atoms with van der Waals surface area (Å²) in [5.41, 5.74) is 2.33. The molecule has 0 aliphatic carbocycles. The third kappa shape index (κ3) is 3.48. The summed E-state index contributed by atoms with van der Waals surface area (Å²) < 4.78 is 0.814. The highest BCUT2D eigenvalue weighted by Crippen LogP contribution is 2.32. The molecule has 0 radical (unpaired) electrons. The maximum Gasteiger partial charge on any atom is 0.255 e. The van der Waals surface area contributed by atoms with E-state index in [9.17, 15) is 9.59 Å². The molecule has 1 atom stereocenters. The minimum atomic E-state index is -0.744. The Kier molecular flexibility index (Phi) is 4.73. The molecule has 1 aliphatic rings. The number of fused-ring (bicyclic) bond motifs is 1. The highest BCUT2D eigenvalue weighted by molar-refractivity contribution is 9.10. The maximum atomic E-state index is 13.1. The molecule has 27 heavy (non-hydrogen) atoms. The number of carbonyl (C=O) groups is 2. The van der Waals surface area contributed by atoms with Crippen LogP contribution in [0.2, 0.25) is 0 Å². The Labute approximate surface area is 165 Å². The molecule has 2 aromatic carbocycles. The minimum Gasteiger partial charge on any atom is -0.318 e. The quantitative estimate of drug-likeness (QED) is 0.686. The number of amides is 2. The Bertz CT molecular complexity index is 1010. The highest BCUT2D eigenvalue weighted by Gasteiger charge is 2.37. The second-order valence-corrected chi connectivity index (χ2v) is 7.17. The van der Waals surface area contributed by atoms with Crippen LogP contribution in [0.4, 0.5) is 5.82 Å². The monoisotopic (exact) mass is 421 g/mol. The van der Waals surface area contributed by atoms with Crippen LogP contribution < -0.4 is 5.32 Å². The smallest absolute Gasteiger partial charge is 0.255 e. The van der Waals surface area contributed by atoms with Crippen LogP contribution >= 0.6 is 15.9 Å². The number of benzene rings is 2. The standard InChI is InChI=1S/C21H16BrN3O2/c22-16-10-11-23-18(12-16)24-20(26)19(14-6-2-1-3-7-14)25-13-15-8-4-5-9-17(15)21(25)27/h1-12,19H,13H2,(H,23,24,26). The van der Waals surface area contributed by atoms with Gasteiger partial charge in [-0.3, -0.25) is 9.59 Å². The summed E-state index contributed by atoms with van der Waals surface area (Å²) in [5.74, 6) is -0.00998. The first kappa shape index (κ1) is 17.4. The Hall–Kier alpha value is -2.99. The molecule has 0 saturated heterocycles. The van der Waals surface area contributed by atoms with Gasteiger partial charge in [0.1, 0.15) is 11.9 Å². The summed E-state index contributed by atoms with van der Waals surface area (Å²) in [4.78, 5) is 31.9. The molecule has 2 heterocycles. The van der Waals surface area contributed by atoms with Crippen molar-refractivity contribution in [1.82, 2.24) is 9.88 Å². The van der Waals surface area contributed by atoms with Gasteiger partial charge in [-0.25, -0.2) is 4.98 Å². The first-order valence-electron chi connectivity index (χ1n) is 8.50. The van der Waals surface area contributed by atoms with Crippen LogP contribution in [-0.4, -0.2) is 21.7 Å². The third-order valence-corrected chi connectivity index (χ3v) is 4.99. The molecular weight excluding hydrogens is 406 g/mol. The van der Waals surface area contributed by atoms with E-state index in [0.717, 1.165) is 15.6 Å². The molecule has 0 fully saturated rings. The fourth-order valence-corrected chi connectivity index (χ4v) is 3.60. The van der Waals surface area contributed by atoms with Gasteiger partial charge in [-0.1, -0.05) is 64.5 Å². The van der Waals surface area contributed by atoms with Gasteiger partial charge in [0.05, 0.1) is 0 Å². The zero-order valence-corrected chi connectivity index (χ0v) is 15.9. The van der Waals surface area contributed by atoms with Crippen LogP contribution in [-0.2, 0) is 11.3 Å². The van der Waals surface area contributed by atoms with Gasteiger partial charge in [0.25, 0.3) is 11.8 Å². The van der Waals surface area contributed by atoms with Crippen molar-refractivity contribution < 1.29 is 9.59 Å². The van der Waals surface area contributed by atoms with Crippen LogP contribution in [0.15, 0.2) is 77.4 Å². The normalized spacial score (nSPS) is 14.0. The predicted octanol–water partition coefficient (Wildman–Crippen LogP) is 4.18. The van der Waals surface area contributed by atoms with E-state index in [0.29, 0.717) is 17.9 Å². The van der Waals surface area contributed by atoms with Gasteiger partial charge in [-0.05, 0) is 29.3 Å². The molecule has 1 N–H and O–H groups in total. The van der Waals surface area contributed by atoms with Crippen molar-refractivity contribution in [3.05, 3.63) is 94.1 Å². The van der Waals surface area contributed by atoms with Gasteiger partial charge >= 0.3 is 0 Å². The average molecular weight is 422 g/mol. The lowest BCUT2D eigenvalue weighted by Gasteiger charge is -2.27. The Balaban J connectivity index is 1.68. The number of halogens is 1. The van der Waals surface area contributed by atoms with Crippen molar-refractivity contribution >= 4 is 33.6 Å². The molecule has 0 spiro atoms. The van der Waals surface area contributed by atoms with Gasteiger partial charge in [-0.2, -0.15) is 0 Å². The number of aromatic nitrogens is 1. The van der Waals surface area contributed by atoms with E-state index in [1.807, 2.05) is 48.5 Å². The van der Waals surface area contributed by atoms with Crippen LogP contribution in [0, 0.1) is 0 Å². The first-order valence-corrected chi connectivity index (χ1v) is 9.29. The van der Waals surface area contributed by atoms with Crippen LogP contribution in [0.3, 0.4) is 0 Å². The predicted molar refractivity (Wildman–Crippen MR) is 106 cm³/mol. The van der Waals surface area contributed by atoms with Gasteiger partial charge in [0, 0.05) is 22.8 Å². The Morgan fingerprint density at radius 1 is 1.07 bits per heavy atom. The molecule has 134 valence electrons. The lowest BCUT2D eigenvalue weighted by atomic mass is 10.0. The molecule has 1 unspecified atom stereocenters. The second kappa shape index (κ2) is 7.32. The van der Waals surface area contributed by atoms with Crippen LogP contribution in [0.25, 0.3) is 0 Å². The number of anilines is 1. The van der Waals surface area contributed by atoms with Gasteiger partial charge in [0.15, 0.2) is 0 Å². The summed E-state index contributed by atoms with van der Waals surface area (Å²) in [5, 5.41) is 2.83. The Morgan fingerprint density at radius 3 is 2.56 bits per heavy atom. The highest BCUT2D eigenvalue weighted by atomic mass is 79.9. The molecule has 0 saturated carbocycles. The van der Waals surface area contributed by atoms with E-state index < -0.39 is 6.04 Å². The van der Waals surface area contributed by atoms with Crippen molar-refractivity contribution in [2.75, 3.05) is 5.32 Å². The third-order valence-electron chi connectivity index (χ3n) is 4.50. The minimum absolute atomic E-state index is 0.142. The number of nitrogens with one attached hydrogen (secondary N) is 1. The number of rotatable bonds is 4. The topological polar surface area (TPSA) is 62.3 Å². The van der Waals surface area contributed by atoms with Gasteiger partial charge < -0.3 is 10.2 Å². The lowest BCUT2D eigenvalue weighted by molar-refractivity contribution is -0.120. The van der Waals surface area contributed by atoms with Gasteiger partial charge in [0.2, 0.25) is 0 Å². The summed E-state index contributed by atoms with van der Waals surface area (Å²) in [6, 6.07) is 19.5. The average Bonchev–Trinajstić information content (AvgIpc) is 3.00. The van der Waals surface area contributed by atoms with Crippen molar-refractivity contribution in [2.24, 2.45) is 0 Å². The molecule has 2 amide bonds. The van der Waals surface area contributed by atoms with Crippen molar-refractivity contribution in [1.29, 1.82) is 0 Å². The van der Waals surface area contributed by atoms with Crippen molar-refractivity contribution in [3.63, 3.8) is 0 Å². The zero-order chi connectivity index (χ0) is 18.8. The number of hydrogen-bond donors (Lipinski definition) is 1. The van der Waals surface area contributed by atoms with E-state index in [-0.39, 0.29) is 11.8 Å². The number of hydrogen-bond acceptors (Lipinski definition) is 3. The van der Waals surface area contributed by atoms with E-state index in [2.05, 4.69) is 26.2 Å². The summed E-state index contributed by atoms with van der Waals surface area (Å²) >= 11 is 3.37. The molecule has 4 rings (SSSR count). The van der Waals surface area contributed by atoms with Crippen molar-refractivity contribution in [3.8, 4) is 0 Å². The summed E-state index contributed by atoms with van der Waals surface area (Å²) in [6.07, 6.45) is 1.61. The fourth-order valence-electron chi connectivity index (χ4n) is 3.26. The fraction of sp³-hybridized carbons (Fsp3) is 0.0952. The number of pyridine rings is 1.